The van der Waals surface area contributed by atoms with Crippen molar-refractivity contribution < 1.29 is 14.3 Å². The highest BCUT2D eigenvalue weighted by Crippen LogP contribution is 2.31. The van der Waals surface area contributed by atoms with Crippen LogP contribution in [0.1, 0.15) is 37.9 Å². The largest absolute Gasteiger partial charge is 0.392 e. The van der Waals surface area contributed by atoms with Crippen LogP contribution in [0.4, 0.5) is 10.3 Å². The summed E-state index contributed by atoms with van der Waals surface area (Å²) in [7, 11) is 1.61. The summed E-state index contributed by atoms with van der Waals surface area (Å²) in [4.78, 5) is 22.2. The van der Waals surface area contributed by atoms with Crippen LogP contribution in [0.3, 0.4) is 0 Å². The van der Waals surface area contributed by atoms with Crippen LogP contribution in [0, 0.1) is 5.82 Å². The van der Waals surface area contributed by atoms with Crippen molar-refractivity contribution in [3.8, 4) is 11.3 Å². The summed E-state index contributed by atoms with van der Waals surface area (Å²) in [5.41, 5.74) is 2.80. The van der Waals surface area contributed by atoms with Gasteiger partial charge in [0, 0.05) is 25.1 Å². The maximum atomic E-state index is 13.3. The van der Waals surface area contributed by atoms with E-state index >= 15 is 0 Å². The number of carbonyl (C=O) groups excluding carboxylic acids is 1. The number of amides is 1. The number of carbonyl (C=O) groups is 1. The Hall–Kier alpha value is -2.60. The Morgan fingerprint density at radius 2 is 1.92 bits per heavy atom. The zero-order chi connectivity index (χ0) is 18.6. The van der Waals surface area contributed by atoms with Gasteiger partial charge >= 0.3 is 0 Å². The molecule has 1 aromatic heterocycles. The molecule has 0 aliphatic rings. The summed E-state index contributed by atoms with van der Waals surface area (Å²) in [6, 6.07) is 5.99. The van der Waals surface area contributed by atoms with Crippen LogP contribution in [0.25, 0.3) is 17.3 Å². The van der Waals surface area contributed by atoms with E-state index in [1.807, 2.05) is 13.8 Å². The highest BCUT2D eigenvalue weighted by molar-refractivity contribution is 5.89. The van der Waals surface area contributed by atoms with E-state index in [0.717, 1.165) is 11.3 Å². The van der Waals surface area contributed by atoms with Crippen LogP contribution in [0.5, 0.6) is 0 Å². The minimum absolute atomic E-state index is 0.0691. The minimum atomic E-state index is -0.338. The standard InChI is InChI=1S/C19H22FN3O2/c1-12(2)17-16(6-5-11-24)18(14-7-9-15(20)10-8-14)22-19(21-17)23(4)13(3)25/h5-10,12,24H,11H2,1-4H3. The smallest absolute Gasteiger partial charge is 0.232 e. The second-order valence-corrected chi connectivity index (χ2v) is 6.00. The number of rotatable bonds is 5. The van der Waals surface area contributed by atoms with Crippen LogP contribution < -0.4 is 4.90 Å². The summed E-state index contributed by atoms with van der Waals surface area (Å²) >= 11 is 0. The first kappa shape index (κ1) is 18.7. The van der Waals surface area contributed by atoms with Crippen molar-refractivity contribution >= 4 is 17.9 Å². The number of aliphatic hydroxyl groups is 1. The molecule has 2 rings (SSSR count). The van der Waals surface area contributed by atoms with Gasteiger partial charge in [0.1, 0.15) is 5.82 Å². The van der Waals surface area contributed by atoms with E-state index in [-0.39, 0.29) is 30.2 Å². The first-order valence-corrected chi connectivity index (χ1v) is 8.04. The average molecular weight is 343 g/mol. The van der Waals surface area contributed by atoms with E-state index < -0.39 is 0 Å². The van der Waals surface area contributed by atoms with Gasteiger partial charge in [0.05, 0.1) is 18.0 Å². The van der Waals surface area contributed by atoms with Gasteiger partial charge in [0.2, 0.25) is 11.9 Å². The highest BCUT2D eigenvalue weighted by Gasteiger charge is 2.19. The number of aliphatic hydroxyl groups excluding tert-OH is 1. The molecule has 0 aliphatic carbocycles. The van der Waals surface area contributed by atoms with Crippen molar-refractivity contribution in [1.82, 2.24) is 9.97 Å². The molecule has 2 aromatic rings. The Labute approximate surface area is 146 Å². The normalized spacial score (nSPS) is 11.3. The molecule has 25 heavy (non-hydrogen) atoms. The second kappa shape index (κ2) is 7.98. The van der Waals surface area contributed by atoms with Gasteiger partial charge < -0.3 is 5.11 Å². The highest BCUT2D eigenvalue weighted by atomic mass is 19.1. The number of benzene rings is 1. The van der Waals surface area contributed by atoms with Crippen molar-refractivity contribution in [2.45, 2.75) is 26.7 Å². The molecule has 132 valence electrons. The molecule has 5 nitrogen and oxygen atoms in total. The molecule has 0 spiro atoms. The van der Waals surface area contributed by atoms with E-state index in [4.69, 9.17) is 5.11 Å². The molecule has 0 saturated carbocycles. The fourth-order valence-corrected chi connectivity index (χ4v) is 2.37. The van der Waals surface area contributed by atoms with Crippen molar-refractivity contribution in [2.24, 2.45) is 0 Å². The van der Waals surface area contributed by atoms with Crippen LogP contribution in [-0.4, -0.2) is 34.6 Å². The molecule has 6 heteroatoms. The van der Waals surface area contributed by atoms with Gasteiger partial charge in [-0.15, -0.1) is 0 Å². The zero-order valence-corrected chi connectivity index (χ0v) is 14.8. The van der Waals surface area contributed by atoms with Gasteiger partial charge in [0.15, 0.2) is 0 Å². The number of hydrogen-bond donors (Lipinski definition) is 1. The molecular weight excluding hydrogens is 321 g/mol. The Kier molecular flexibility index (Phi) is 5.98. The Bertz CT molecular complexity index is 786. The third kappa shape index (κ3) is 4.28. The van der Waals surface area contributed by atoms with E-state index in [9.17, 15) is 9.18 Å². The number of hydrogen-bond acceptors (Lipinski definition) is 4. The van der Waals surface area contributed by atoms with Gasteiger partial charge in [-0.1, -0.05) is 26.0 Å². The molecule has 0 unspecified atom stereocenters. The fourth-order valence-electron chi connectivity index (χ4n) is 2.37. The molecule has 1 aromatic carbocycles. The molecule has 1 N–H and O–H groups in total. The lowest BCUT2D eigenvalue weighted by molar-refractivity contribution is -0.116. The monoisotopic (exact) mass is 343 g/mol. The maximum absolute atomic E-state index is 13.3. The van der Waals surface area contributed by atoms with Gasteiger partial charge in [-0.3, -0.25) is 9.69 Å². The summed E-state index contributed by atoms with van der Waals surface area (Å²) in [5, 5.41) is 9.14. The summed E-state index contributed by atoms with van der Waals surface area (Å²) < 4.78 is 13.3. The third-order valence-corrected chi connectivity index (χ3v) is 3.79. The van der Waals surface area contributed by atoms with Gasteiger partial charge in [-0.2, -0.15) is 0 Å². The van der Waals surface area contributed by atoms with Crippen molar-refractivity contribution in [3.05, 3.63) is 47.4 Å². The molecule has 0 saturated heterocycles. The quantitative estimate of drug-likeness (QED) is 0.904. The average Bonchev–Trinajstić information content (AvgIpc) is 2.59. The fraction of sp³-hybridized carbons (Fsp3) is 0.316. The lowest BCUT2D eigenvalue weighted by Crippen LogP contribution is -2.26. The van der Waals surface area contributed by atoms with Gasteiger partial charge in [0.25, 0.3) is 0 Å². The molecule has 1 amide bonds. The van der Waals surface area contributed by atoms with Crippen LogP contribution in [0.2, 0.25) is 0 Å². The van der Waals surface area contributed by atoms with Gasteiger partial charge in [-0.05, 0) is 30.2 Å². The molecule has 0 fully saturated rings. The Morgan fingerprint density at radius 1 is 1.28 bits per heavy atom. The SMILES string of the molecule is CC(=O)N(C)c1nc(-c2ccc(F)cc2)c(C=CCO)c(C(C)C)n1. The lowest BCUT2D eigenvalue weighted by Gasteiger charge is -2.19. The molecule has 0 radical (unpaired) electrons. The Morgan fingerprint density at radius 3 is 2.44 bits per heavy atom. The number of aromatic nitrogens is 2. The first-order valence-electron chi connectivity index (χ1n) is 8.04. The molecule has 0 aliphatic heterocycles. The van der Waals surface area contributed by atoms with E-state index in [0.29, 0.717) is 11.3 Å². The van der Waals surface area contributed by atoms with Crippen LogP contribution in [-0.2, 0) is 4.79 Å². The third-order valence-electron chi connectivity index (χ3n) is 3.79. The van der Waals surface area contributed by atoms with E-state index in [2.05, 4.69) is 9.97 Å². The van der Waals surface area contributed by atoms with E-state index in [1.54, 1.807) is 31.3 Å². The summed E-state index contributed by atoms with van der Waals surface area (Å²) in [6.45, 7) is 5.31. The summed E-state index contributed by atoms with van der Waals surface area (Å²) in [6.07, 6.45) is 3.36. The predicted octanol–water partition coefficient (Wildman–Crippen LogP) is 3.39. The van der Waals surface area contributed by atoms with Gasteiger partial charge in [-0.25, -0.2) is 14.4 Å². The molecular formula is C19H22FN3O2. The van der Waals surface area contributed by atoms with E-state index in [1.165, 1.54) is 24.0 Å². The van der Waals surface area contributed by atoms with Crippen LogP contribution in [0.15, 0.2) is 30.3 Å². The minimum Gasteiger partial charge on any atom is -0.392 e. The number of anilines is 1. The van der Waals surface area contributed by atoms with Crippen molar-refractivity contribution in [1.29, 1.82) is 0 Å². The van der Waals surface area contributed by atoms with Crippen LogP contribution >= 0.6 is 0 Å². The van der Waals surface area contributed by atoms with Crippen molar-refractivity contribution in [2.75, 3.05) is 18.6 Å². The number of halogens is 1. The topological polar surface area (TPSA) is 66.3 Å². The molecule has 0 bridgehead atoms. The zero-order valence-electron chi connectivity index (χ0n) is 14.8. The van der Waals surface area contributed by atoms with Crippen molar-refractivity contribution in [3.63, 3.8) is 0 Å². The Balaban J connectivity index is 2.76. The molecule has 0 atom stereocenters. The first-order chi connectivity index (χ1) is 11.8. The lowest BCUT2D eigenvalue weighted by atomic mass is 9.98. The molecule has 1 heterocycles. The number of nitrogens with zero attached hydrogens (tertiary/aromatic N) is 3. The summed E-state index contributed by atoms with van der Waals surface area (Å²) in [5.74, 6) is -0.162. The second-order valence-electron chi connectivity index (χ2n) is 6.00. The maximum Gasteiger partial charge on any atom is 0.232 e. The predicted molar refractivity (Wildman–Crippen MR) is 96.7 cm³/mol.